The second kappa shape index (κ2) is 9.38. The van der Waals surface area contributed by atoms with Gasteiger partial charge in [-0.15, -0.1) is 0 Å². The van der Waals surface area contributed by atoms with E-state index in [1.165, 1.54) is 11.1 Å². The number of aliphatic hydroxyl groups is 1. The van der Waals surface area contributed by atoms with Crippen molar-refractivity contribution < 1.29 is 9.84 Å². The Kier molecular flexibility index (Phi) is 6.92. The molecule has 3 rings (SSSR count). The van der Waals surface area contributed by atoms with Crippen molar-refractivity contribution in [1.82, 2.24) is 9.80 Å². The summed E-state index contributed by atoms with van der Waals surface area (Å²) in [5.41, 5.74) is 2.52. The highest BCUT2D eigenvalue weighted by atomic mass is 35.5. The fraction of sp³-hybridized carbons (Fsp3) is 0.429. The molecule has 0 spiro atoms. The Balaban J connectivity index is 1.62. The summed E-state index contributed by atoms with van der Waals surface area (Å²) in [6.45, 7) is 5.01. The number of hydrogen-bond acceptors (Lipinski definition) is 4. The second-order valence-corrected chi connectivity index (χ2v) is 7.29. The quantitative estimate of drug-likeness (QED) is 0.805. The van der Waals surface area contributed by atoms with Crippen LogP contribution in [0.15, 0.2) is 48.5 Å². The molecule has 5 heteroatoms. The number of aliphatic hydroxyl groups excluding tert-OH is 1. The molecule has 4 nitrogen and oxygen atoms in total. The van der Waals surface area contributed by atoms with Crippen molar-refractivity contribution in [2.75, 3.05) is 33.4 Å². The van der Waals surface area contributed by atoms with Gasteiger partial charge in [-0.1, -0.05) is 35.9 Å². The van der Waals surface area contributed by atoms with Crippen LogP contribution in [0.3, 0.4) is 0 Å². The van der Waals surface area contributed by atoms with E-state index in [2.05, 4.69) is 34.1 Å². The summed E-state index contributed by atoms with van der Waals surface area (Å²) >= 11 is 5.98. The van der Waals surface area contributed by atoms with Crippen LogP contribution in [0.1, 0.15) is 17.5 Å². The number of methoxy groups -OCH3 is 1. The first kappa shape index (κ1) is 19.2. The average Bonchev–Trinajstić information content (AvgIpc) is 2.66. The molecule has 1 aliphatic heterocycles. The molecule has 0 amide bonds. The van der Waals surface area contributed by atoms with E-state index in [1.54, 1.807) is 7.11 Å². The number of halogens is 1. The van der Waals surface area contributed by atoms with Gasteiger partial charge in [0, 0.05) is 50.4 Å². The molecular weight excluding hydrogens is 348 g/mol. The SMILES string of the molecule is COc1cccc(CN2CCN(Cc3ccc(Cl)cc3)C[C@@H]2CCO)c1. The molecule has 0 bridgehead atoms. The molecule has 0 saturated carbocycles. The number of rotatable bonds is 7. The summed E-state index contributed by atoms with van der Waals surface area (Å²) in [6, 6.07) is 16.7. The van der Waals surface area contributed by atoms with Crippen LogP contribution in [-0.4, -0.2) is 54.3 Å². The molecule has 0 aliphatic carbocycles. The van der Waals surface area contributed by atoms with Gasteiger partial charge in [-0.2, -0.15) is 0 Å². The third-order valence-electron chi connectivity index (χ3n) is 4.99. The summed E-state index contributed by atoms with van der Waals surface area (Å²) in [6.07, 6.45) is 0.793. The Morgan fingerprint density at radius 1 is 1.08 bits per heavy atom. The van der Waals surface area contributed by atoms with Crippen LogP contribution in [0.4, 0.5) is 0 Å². The Morgan fingerprint density at radius 3 is 2.62 bits per heavy atom. The van der Waals surface area contributed by atoms with Gasteiger partial charge in [-0.3, -0.25) is 9.80 Å². The maximum atomic E-state index is 9.51. The van der Waals surface area contributed by atoms with E-state index < -0.39 is 0 Å². The molecule has 140 valence electrons. The van der Waals surface area contributed by atoms with Crippen LogP contribution in [0.25, 0.3) is 0 Å². The van der Waals surface area contributed by atoms with Crippen molar-refractivity contribution in [3.63, 3.8) is 0 Å². The molecule has 0 aromatic heterocycles. The molecule has 2 aromatic rings. The van der Waals surface area contributed by atoms with E-state index in [1.807, 2.05) is 24.3 Å². The Labute approximate surface area is 160 Å². The lowest BCUT2D eigenvalue weighted by Crippen LogP contribution is -2.52. The zero-order valence-electron chi connectivity index (χ0n) is 15.3. The Bertz CT molecular complexity index is 693. The molecule has 1 N–H and O–H groups in total. The smallest absolute Gasteiger partial charge is 0.119 e. The van der Waals surface area contributed by atoms with Crippen molar-refractivity contribution in [3.05, 3.63) is 64.7 Å². The number of ether oxygens (including phenoxy) is 1. The number of piperazine rings is 1. The van der Waals surface area contributed by atoms with Gasteiger partial charge in [0.2, 0.25) is 0 Å². The fourth-order valence-corrected chi connectivity index (χ4v) is 3.71. The van der Waals surface area contributed by atoms with Crippen molar-refractivity contribution in [2.45, 2.75) is 25.6 Å². The van der Waals surface area contributed by atoms with Gasteiger partial charge < -0.3 is 9.84 Å². The summed E-state index contributed by atoms with van der Waals surface area (Å²) in [5.74, 6) is 0.891. The van der Waals surface area contributed by atoms with E-state index in [0.29, 0.717) is 6.04 Å². The lowest BCUT2D eigenvalue weighted by molar-refractivity contribution is 0.0499. The van der Waals surface area contributed by atoms with Crippen molar-refractivity contribution >= 4 is 11.6 Å². The number of benzene rings is 2. The van der Waals surface area contributed by atoms with Gasteiger partial charge >= 0.3 is 0 Å². The lowest BCUT2D eigenvalue weighted by Gasteiger charge is -2.41. The molecule has 1 saturated heterocycles. The van der Waals surface area contributed by atoms with Crippen molar-refractivity contribution in [3.8, 4) is 5.75 Å². The molecule has 1 atom stereocenters. The molecular formula is C21H27ClN2O2. The van der Waals surface area contributed by atoms with E-state index in [4.69, 9.17) is 16.3 Å². The van der Waals surface area contributed by atoms with Gasteiger partial charge in [0.05, 0.1) is 7.11 Å². The average molecular weight is 375 g/mol. The van der Waals surface area contributed by atoms with Gasteiger partial charge in [-0.25, -0.2) is 0 Å². The van der Waals surface area contributed by atoms with Crippen molar-refractivity contribution in [1.29, 1.82) is 0 Å². The highest BCUT2D eigenvalue weighted by Crippen LogP contribution is 2.21. The van der Waals surface area contributed by atoms with Crippen LogP contribution >= 0.6 is 11.6 Å². The highest BCUT2D eigenvalue weighted by Gasteiger charge is 2.26. The predicted molar refractivity (Wildman–Crippen MR) is 106 cm³/mol. The van der Waals surface area contributed by atoms with E-state index >= 15 is 0 Å². The molecule has 1 aliphatic rings. The largest absolute Gasteiger partial charge is 0.497 e. The minimum Gasteiger partial charge on any atom is -0.497 e. The van der Waals surface area contributed by atoms with E-state index in [-0.39, 0.29) is 6.61 Å². The summed E-state index contributed by atoms with van der Waals surface area (Å²) < 4.78 is 5.33. The predicted octanol–water partition coefficient (Wildman–Crippen LogP) is 3.42. The number of hydrogen-bond donors (Lipinski definition) is 1. The molecule has 0 radical (unpaired) electrons. The zero-order valence-corrected chi connectivity index (χ0v) is 16.0. The van der Waals surface area contributed by atoms with Gasteiger partial charge in [0.15, 0.2) is 0 Å². The maximum absolute atomic E-state index is 9.51. The van der Waals surface area contributed by atoms with E-state index in [0.717, 1.165) is 49.9 Å². The third kappa shape index (κ3) is 5.21. The van der Waals surface area contributed by atoms with Gasteiger partial charge in [0.25, 0.3) is 0 Å². The lowest BCUT2D eigenvalue weighted by atomic mass is 10.1. The monoisotopic (exact) mass is 374 g/mol. The fourth-order valence-electron chi connectivity index (χ4n) is 3.59. The summed E-state index contributed by atoms with van der Waals surface area (Å²) in [4.78, 5) is 4.94. The van der Waals surface area contributed by atoms with Gasteiger partial charge in [0.1, 0.15) is 5.75 Å². The van der Waals surface area contributed by atoms with Crippen LogP contribution < -0.4 is 4.74 Å². The van der Waals surface area contributed by atoms with E-state index in [9.17, 15) is 5.11 Å². The number of nitrogens with zero attached hydrogens (tertiary/aromatic N) is 2. The summed E-state index contributed by atoms with van der Waals surface area (Å²) in [5, 5.41) is 10.3. The minimum atomic E-state index is 0.216. The highest BCUT2D eigenvalue weighted by molar-refractivity contribution is 6.30. The van der Waals surface area contributed by atoms with Gasteiger partial charge in [-0.05, 0) is 41.8 Å². The zero-order chi connectivity index (χ0) is 18.4. The van der Waals surface area contributed by atoms with Crippen LogP contribution in [0.5, 0.6) is 5.75 Å². The normalized spacial score (nSPS) is 18.8. The Hall–Kier alpha value is -1.59. The van der Waals surface area contributed by atoms with Crippen LogP contribution in [0.2, 0.25) is 5.02 Å². The third-order valence-corrected chi connectivity index (χ3v) is 5.24. The topological polar surface area (TPSA) is 35.9 Å². The second-order valence-electron chi connectivity index (χ2n) is 6.85. The molecule has 26 heavy (non-hydrogen) atoms. The molecule has 0 unspecified atom stereocenters. The maximum Gasteiger partial charge on any atom is 0.119 e. The molecule has 2 aromatic carbocycles. The Morgan fingerprint density at radius 2 is 1.88 bits per heavy atom. The first-order valence-electron chi connectivity index (χ1n) is 9.12. The summed E-state index contributed by atoms with van der Waals surface area (Å²) in [7, 11) is 1.70. The first-order valence-corrected chi connectivity index (χ1v) is 9.50. The standard InChI is InChI=1S/C21H27ClN2O2/c1-26-21-4-2-3-18(13-21)15-24-11-10-23(16-20(24)9-12-25)14-17-5-7-19(22)8-6-17/h2-8,13,20,25H,9-12,14-16H2,1H3/t20-/m0/s1. The first-order chi connectivity index (χ1) is 12.7. The molecule has 1 fully saturated rings. The van der Waals surface area contributed by atoms with Crippen molar-refractivity contribution in [2.24, 2.45) is 0 Å². The van der Waals surface area contributed by atoms with Crippen LogP contribution in [-0.2, 0) is 13.1 Å². The van der Waals surface area contributed by atoms with Crippen LogP contribution in [0, 0.1) is 0 Å². The molecule has 1 heterocycles. The minimum absolute atomic E-state index is 0.216.